The fourth-order valence-corrected chi connectivity index (χ4v) is 4.56. The Labute approximate surface area is 170 Å². The highest BCUT2D eigenvalue weighted by molar-refractivity contribution is 7.85. The summed E-state index contributed by atoms with van der Waals surface area (Å²) in [5, 5.41) is 0. The summed E-state index contributed by atoms with van der Waals surface area (Å²) >= 11 is 0. The zero-order chi connectivity index (χ0) is 21.0. The van der Waals surface area contributed by atoms with Crippen LogP contribution in [-0.4, -0.2) is 38.2 Å². The molecule has 0 saturated heterocycles. The van der Waals surface area contributed by atoms with Crippen molar-refractivity contribution in [1.29, 1.82) is 0 Å². The van der Waals surface area contributed by atoms with Crippen molar-refractivity contribution >= 4 is 27.7 Å². The molecule has 2 aromatic heterocycles. The van der Waals surface area contributed by atoms with Crippen LogP contribution in [0, 0.1) is 18.6 Å². The lowest BCUT2D eigenvalue weighted by molar-refractivity contribution is 0.151. The average Bonchev–Trinajstić information content (AvgIpc) is 3.13. The predicted octanol–water partition coefficient (Wildman–Crippen LogP) is 3.77. The maximum atomic E-state index is 13.8. The second-order valence-corrected chi connectivity index (χ2v) is 8.44. The number of halogens is 2. The van der Waals surface area contributed by atoms with Crippen molar-refractivity contribution in [2.45, 2.75) is 37.1 Å². The van der Waals surface area contributed by atoms with Gasteiger partial charge in [0.25, 0.3) is 0 Å². The number of nitrogens with zero attached hydrogens (tertiary/aromatic N) is 3. The molecule has 0 aliphatic heterocycles. The molecule has 0 amide bonds. The highest BCUT2D eigenvalue weighted by Crippen LogP contribution is 2.27. The Bertz CT molecular complexity index is 1030. The van der Waals surface area contributed by atoms with Crippen LogP contribution in [0.1, 0.15) is 30.9 Å². The van der Waals surface area contributed by atoms with Crippen molar-refractivity contribution in [3.05, 3.63) is 47.9 Å². The maximum Gasteiger partial charge on any atom is 0.151 e. The Morgan fingerprint density at radius 2 is 2.07 bits per heavy atom. The number of unbranched alkanes of at least 4 members (excludes halogenated alkanes) is 1. The number of imidazole rings is 1. The molecular formula is C20H24F2N4O2S. The minimum Gasteiger partial charge on any atom is -0.383 e. The summed E-state index contributed by atoms with van der Waals surface area (Å²) in [6.07, 6.45) is 5.64. The molecule has 0 fully saturated rings. The zero-order valence-electron chi connectivity index (χ0n) is 16.4. The first-order valence-electron chi connectivity index (χ1n) is 9.32. The van der Waals surface area contributed by atoms with Crippen molar-refractivity contribution in [3.63, 3.8) is 0 Å². The van der Waals surface area contributed by atoms with Gasteiger partial charge in [-0.05, 0) is 37.5 Å². The third kappa shape index (κ3) is 4.79. The Morgan fingerprint density at radius 3 is 2.79 bits per heavy atom. The van der Waals surface area contributed by atoms with Gasteiger partial charge in [0, 0.05) is 25.1 Å². The predicted molar refractivity (Wildman–Crippen MR) is 109 cm³/mol. The van der Waals surface area contributed by atoms with Crippen LogP contribution in [0.5, 0.6) is 0 Å². The summed E-state index contributed by atoms with van der Waals surface area (Å²) in [4.78, 5) is 8.58. The Kier molecular flexibility index (Phi) is 6.92. The molecule has 0 aliphatic carbocycles. The second-order valence-electron chi connectivity index (χ2n) is 6.90. The Morgan fingerprint density at radius 1 is 1.28 bits per heavy atom. The minimum absolute atomic E-state index is 0.0292. The molecule has 9 heteroatoms. The molecule has 3 aromatic rings. The van der Waals surface area contributed by atoms with E-state index >= 15 is 0 Å². The second kappa shape index (κ2) is 9.41. The maximum absolute atomic E-state index is 13.8. The van der Waals surface area contributed by atoms with Crippen molar-refractivity contribution in [2.75, 3.05) is 25.2 Å². The lowest BCUT2D eigenvalue weighted by Crippen LogP contribution is -2.15. The quantitative estimate of drug-likeness (QED) is 0.531. The molecule has 1 aromatic carbocycles. The van der Waals surface area contributed by atoms with Crippen LogP contribution in [0.15, 0.2) is 35.6 Å². The number of benzene rings is 1. The number of aryl methyl sites for hydroxylation is 1. The first-order chi connectivity index (χ1) is 13.9. The number of hydrogen-bond donors (Lipinski definition) is 1. The van der Waals surface area contributed by atoms with Gasteiger partial charge in [-0.3, -0.25) is 4.21 Å². The van der Waals surface area contributed by atoms with Gasteiger partial charge < -0.3 is 15.0 Å². The number of anilines is 1. The Hall–Kier alpha value is -2.39. The molecule has 0 aliphatic rings. The summed E-state index contributed by atoms with van der Waals surface area (Å²) in [6.45, 7) is 2.44. The number of pyridine rings is 1. The molecule has 0 spiro atoms. The van der Waals surface area contributed by atoms with E-state index in [0.717, 1.165) is 36.1 Å². The van der Waals surface area contributed by atoms with Crippen LogP contribution >= 0.6 is 0 Å². The lowest BCUT2D eigenvalue weighted by atomic mass is 10.1. The molecule has 3 rings (SSSR count). The molecular weight excluding hydrogens is 398 g/mol. The number of nitrogens with two attached hydrogens (primary N) is 1. The van der Waals surface area contributed by atoms with Crippen molar-refractivity contribution in [2.24, 2.45) is 0 Å². The van der Waals surface area contributed by atoms with E-state index in [1.807, 2.05) is 11.5 Å². The average molecular weight is 423 g/mol. The summed E-state index contributed by atoms with van der Waals surface area (Å²) in [6, 6.07) is 3.15. The van der Waals surface area contributed by atoms with E-state index < -0.39 is 22.4 Å². The molecule has 0 saturated carbocycles. The van der Waals surface area contributed by atoms with Crippen LogP contribution < -0.4 is 5.73 Å². The number of methoxy groups -OCH3 is 1. The summed E-state index contributed by atoms with van der Waals surface area (Å²) < 4.78 is 46.5. The first-order valence-corrected chi connectivity index (χ1v) is 10.6. The van der Waals surface area contributed by atoms with E-state index in [1.54, 1.807) is 19.6 Å². The van der Waals surface area contributed by atoms with E-state index in [9.17, 15) is 13.0 Å². The summed E-state index contributed by atoms with van der Waals surface area (Å²) in [5.74, 6) is -0.753. The van der Waals surface area contributed by atoms with E-state index in [2.05, 4.69) is 9.97 Å². The van der Waals surface area contributed by atoms with E-state index in [0.29, 0.717) is 30.1 Å². The summed E-state index contributed by atoms with van der Waals surface area (Å²) in [5.41, 5.74) is 8.50. The number of nitrogen functional groups attached to an aromatic ring is 1. The molecule has 2 unspecified atom stereocenters. The van der Waals surface area contributed by atoms with Crippen LogP contribution in [-0.2, 0) is 15.5 Å². The highest BCUT2D eigenvalue weighted by atomic mass is 32.2. The molecule has 0 radical (unpaired) electrons. The molecule has 29 heavy (non-hydrogen) atoms. The smallest absolute Gasteiger partial charge is 0.151 e. The molecule has 2 atom stereocenters. The van der Waals surface area contributed by atoms with Gasteiger partial charge in [-0.1, -0.05) is 6.42 Å². The minimum atomic E-state index is -1.50. The van der Waals surface area contributed by atoms with Crippen molar-refractivity contribution in [1.82, 2.24) is 14.5 Å². The normalized spacial score (nSPS) is 13.7. The topological polar surface area (TPSA) is 83.0 Å². The molecule has 0 bridgehead atoms. The fourth-order valence-electron chi connectivity index (χ4n) is 3.38. The standard InChI is InChI=1S/C20H24F2N4O2S/c1-13-10-24-20(23)18-19(13)26(12-25-18)15(11-28-2)5-3-4-8-29(27)17-7-6-14(21)9-16(17)22/h6-7,9-10,12,15H,3-5,8,11H2,1-2H3,(H2,23,24). The number of aromatic nitrogens is 3. The van der Waals surface area contributed by atoms with Gasteiger partial charge in [0.1, 0.15) is 17.2 Å². The van der Waals surface area contributed by atoms with Crippen LogP contribution in [0.2, 0.25) is 0 Å². The number of hydrogen-bond acceptors (Lipinski definition) is 5. The first kappa shape index (κ1) is 21.3. The van der Waals surface area contributed by atoms with E-state index in [-0.39, 0.29) is 10.9 Å². The largest absolute Gasteiger partial charge is 0.383 e. The molecule has 2 N–H and O–H groups in total. The third-order valence-corrected chi connectivity index (χ3v) is 6.30. The van der Waals surface area contributed by atoms with Crippen LogP contribution in [0.3, 0.4) is 0 Å². The van der Waals surface area contributed by atoms with E-state index in [4.69, 9.17) is 10.5 Å². The van der Waals surface area contributed by atoms with Gasteiger partial charge in [-0.2, -0.15) is 0 Å². The van der Waals surface area contributed by atoms with Crippen LogP contribution in [0.4, 0.5) is 14.6 Å². The monoisotopic (exact) mass is 422 g/mol. The van der Waals surface area contributed by atoms with Gasteiger partial charge in [0.15, 0.2) is 5.82 Å². The molecule has 6 nitrogen and oxygen atoms in total. The summed E-state index contributed by atoms with van der Waals surface area (Å²) in [7, 11) is 0.136. The van der Waals surface area contributed by atoms with Gasteiger partial charge >= 0.3 is 0 Å². The van der Waals surface area contributed by atoms with Gasteiger partial charge in [-0.25, -0.2) is 18.7 Å². The van der Waals surface area contributed by atoms with Gasteiger partial charge in [-0.15, -0.1) is 0 Å². The molecule has 156 valence electrons. The SMILES string of the molecule is COCC(CCCCS(=O)c1ccc(F)cc1F)n1cnc2c(N)ncc(C)c21. The lowest BCUT2D eigenvalue weighted by Gasteiger charge is -2.19. The zero-order valence-corrected chi connectivity index (χ0v) is 17.2. The van der Waals surface area contributed by atoms with E-state index in [1.165, 1.54) is 6.07 Å². The fraction of sp³-hybridized carbons (Fsp3) is 0.400. The Balaban J connectivity index is 1.65. The van der Waals surface area contributed by atoms with Crippen molar-refractivity contribution < 1.29 is 17.7 Å². The van der Waals surface area contributed by atoms with Gasteiger partial charge in [0.05, 0.1) is 40.2 Å². The highest BCUT2D eigenvalue weighted by Gasteiger charge is 2.18. The number of rotatable bonds is 9. The molecule has 2 heterocycles. The van der Waals surface area contributed by atoms with Gasteiger partial charge in [0.2, 0.25) is 0 Å². The number of ether oxygens (including phenoxy) is 1. The van der Waals surface area contributed by atoms with Crippen molar-refractivity contribution in [3.8, 4) is 0 Å². The van der Waals surface area contributed by atoms with Crippen LogP contribution in [0.25, 0.3) is 11.0 Å². The number of fused-ring (bicyclic) bond motifs is 1. The third-order valence-electron chi connectivity index (χ3n) is 4.82.